The molecule has 0 radical (unpaired) electrons. The maximum atomic E-state index is 12.3. The van der Waals surface area contributed by atoms with Crippen LogP contribution < -0.4 is 9.47 Å². The molecule has 0 aliphatic carbocycles. The van der Waals surface area contributed by atoms with Gasteiger partial charge in [-0.3, -0.25) is 4.79 Å². The van der Waals surface area contributed by atoms with Gasteiger partial charge in [-0.25, -0.2) is 0 Å². The van der Waals surface area contributed by atoms with Gasteiger partial charge >= 0.3 is 0 Å². The Bertz CT molecular complexity index is 716. The molecule has 0 aromatic heterocycles. The van der Waals surface area contributed by atoms with E-state index in [0.717, 1.165) is 12.0 Å². The van der Waals surface area contributed by atoms with Crippen molar-refractivity contribution in [2.75, 3.05) is 13.2 Å². The first kappa shape index (κ1) is 14.4. The molecule has 0 saturated carbocycles. The number of allylic oxidation sites excluding steroid dienone is 1. The molecule has 0 amide bonds. The van der Waals surface area contributed by atoms with Crippen molar-refractivity contribution in [2.45, 2.75) is 13.3 Å². The minimum absolute atomic E-state index is 0.0443. The Morgan fingerprint density at radius 1 is 1.05 bits per heavy atom. The van der Waals surface area contributed by atoms with Gasteiger partial charge in [-0.2, -0.15) is 0 Å². The zero-order chi connectivity index (χ0) is 15.4. The molecule has 1 aliphatic heterocycles. The molecule has 0 atom stereocenters. The first-order valence-corrected chi connectivity index (χ1v) is 7.41. The molecule has 3 rings (SSSR count). The van der Waals surface area contributed by atoms with Gasteiger partial charge < -0.3 is 9.47 Å². The number of aryl methyl sites for hydroxylation is 1. The van der Waals surface area contributed by atoms with Crippen molar-refractivity contribution in [3.63, 3.8) is 0 Å². The molecule has 2 aromatic carbocycles. The zero-order valence-corrected chi connectivity index (χ0v) is 12.5. The van der Waals surface area contributed by atoms with Crippen molar-refractivity contribution in [3.05, 3.63) is 65.2 Å². The van der Waals surface area contributed by atoms with Gasteiger partial charge in [0, 0.05) is 12.0 Å². The molecule has 22 heavy (non-hydrogen) atoms. The summed E-state index contributed by atoms with van der Waals surface area (Å²) in [5.74, 6) is 1.31. The first-order valence-electron chi connectivity index (χ1n) is 7.41. The summed E-state index contributed by atoms with van der Waals surface area (Å²) in [4.78, 5) is 12.3. The molecule has 0 bridgehead atoms. The maximum Gasteiger partial charge on any atom is 0.185 e. The Morgan fingerprint density at radius 2 is 1.86 bits per heavy atom. The SMILES string of the molecule is Cc1cccc(/C=C/C(=O)c2ccc3c(c2)OCCCO3)c1. The number of rotatable bonds is 3. The van der Waals surface area contributed by atoms with Gasteiger partial charge in [-0.15, -0.1) is 0 Å². The Hall–Kier alpha value is -2.55. The van der Waals surface area contributed by atoms with Gasteiger partial charge in [0.2, 0.25) is 0 Å². The van der Waals surface area contributed by atoms with Crippen molar-refractivity contribution in [1.82, 2.24) is 0 Å². The van der Waals surface area contributed by atoms with Crippen molar-refractivity contribution >= 4 is 11.9 Å². The van der Waals surface area contributed by atoms with E-state index in [2.05, 4.69) is 0 Å². The Labute approximate surface area is 130 Å². The molecule has 0 unspecified atom stereocenters. The minimum Gasteiger partial charge on any atom is -0.490 e. The quantitative estimate of drug-likeness (QED) is 0.633. The number of ketones is 1. The highest BCUT2D eigenvalue weighted by Gasteiger charge is 2.12. The minimum atomic E-state index is -0.0443. The first-order chi connectivity index (χ1) is 10.7. The molecule has 1 aliphatic rings. The highest BCUT2D eigenvalue weighted by Crippen LogP contribution is 2.30. The molecule has 1 heterocycles. The summed E-state index contributed by atoms with van der Waals surface area (Å²) in [5.41, 5.74) is 2.79. The molecular weight excluding hydrogens is 276 g/mol. The fraction of sp³-hybridized carbons (Fsp3) is 0.211. The third kappa shape index (κ3) is 3.37. The van der Waals surface area contributed by atoms with E-state index in [-0.39, 0.29) is 5.78 Å². The predicted molar refractivity (Wildman–Crippen MR) is 86.6 cm³/mol. The molecule has 0 saturated heterocycles. The van der Waals surface area contributed by atoms with E-state index < -0.39 is 0 Å². The van der Waals surface area contributed by atoms with Crippen LogP contribution in [0.2, 0.25) is 0 Å². The van der Waals surface area contributed by atoms with Crippen LogP contribution in [0.1, 0.15) is 27.9 Å². The van der Waals surface area contributed by atoms with E-state index in [4.69, 9.17) is 9.47 Å². The van der Waals surface area contributed by atoms with Gasteiger partial charge in [-0.1, -0.05) is 35.9 Å². The van der Waals surface area contributed by atoms with Crippen LogP contribution in [0.4, 0.5) is 0 Å². The number of carbonyl (C=O) groups is 1. The van der Waals surface area contributed by atoms with E-state index in [0.29, 0.717) is 30.3 Å². The van der Waals surface area contributed by atoms with Gasteiger partial charge in [-0.05, 0) is 36.8 Å². The van der Waals surface area contributed by atoms with Crippen LogP contribution in [0.25, 0.3) is 6.08 Å². The van der Waals surface area contributed by atoms with Crippen molar-refractivity contribution < 1.29 is 14.3 Å². The van der Waals surface area contributed by atoms with Gasteiger partial charge in [0.05, 0.1) is 13.2 Å². The van der Waals surface area contributed by atoms with Gasteiger partial charge in [0.15, 0.2) is 17.3 Å². The summed E-state index contributed by atoms with van der Waals surface area (Å²) in [7, 11) is 0. The normalized spacial score (nSPS) is 13.9. The van der Waals surface area contributed by atoms with Crippen LogP contribution in [-0.4, -0.2) is 19.0 Å². The molecule has 3 heteroatoms. The van der Waals surface area contributed by atoms with Crippen LogP contribution in [0, 0.1) is 6.92 Å². The monoisotopic (exact) mass is 294 g/mol. The van der Waals surface area contributed by atoms with Crippen molar-refractivity contribution in [2.24, 2.45) is 0 Å². The molecule has 2 aromatic rings. The van der Waals surface area contributed by atoms with E-state index in [1.165, 1.54) is 5.56 Å². The van der Waals surface area contributed by atoms with Crippen molar-refractivity contribution in [3.8, 4) is 11.5 Å². The Morgan fingerprint density at radius 3 is 2.68 bits per heavy atom. The fourth-order valence-electron chi connectivity index (χ4n) is 2.36. The topological polar surface area (TPSA) is 35.5 Å². The van der Waals surface area contributed by atoms with E-state index in [9.17, 15) is 4.79 Å². The second-order valence-electron chi connectivity index (χ2n) is 5.32. The molecule has 0 N–H and O–H groups in total. The highest BCUT2D eigenvalue weighted by molar-refractivity contribution is 6.07. The number of carbonyl (C=O) groups excluding carboxylic acids is 1. The second-order valence-corrected chi connectivity index (χ2v) is 5.32. The van der Waals surface area contributed by atoms with E-state index in [1.54, 1.807) is 24.3 Å². The molecule has 0 spiro atoms. The summed E-state index contributed by atoms with van der Waals surface area (Å²) >= 11 is 0. The van der Waals surface area contributed by atoms with Crippen LogP contribution in [0.15, 0.2) is 48.5 Å². The Balaban J connectivity index is 1.79. The van der Waals surface area contributed by atoms with Crippen LogP contribution in [0.3, 0.4) is 0 Å². The molecular formula is C19H18O3. The summed E-state index contributed by atoms with van der Waals surface area (Å²) in [6.07, 6.45) is 4.28. The third-order valence-corrected chi connectivity index (χ3v) is 3.50. The molecule has 112 valence electrons. The van der Waals surface area contributed by atoms with Crippen LogP contribution in [0.5, 0.6) is 11.5 Å². The summed E-state index contributed by atoms with van der Waals surface area (Å²) < 4.78 is 11.2. The zero-order valence-electron chi connectivity index (χ0n) is 12.5. The number of fused-ring (bicyclic) bond motifs is 1. The Kier molecular flexibility index (Phi) is 4.24. The lowest BCUT2D eigenvalue weighted by Crippen LogP contribution is -1.98. The molecule has 3 nitrogen and oxygen atoms in total. The lowest BCUT2D eigenvalue weighted by Gasteiger charge is -2.07. The number of ether oxygens (including phenoxy) is 2. The largest absolute Gasteiger partial charge is 0.490 e. The average molecular weight is 294 g/mol. The van der Waals surface area contributed by atoms with E-state index in [1.807, 2.05) is 37.3 Å². The van der Waals surface area contributed by atoms with Gasteiger partial charge in [0.25, 0.3) is 0 Å². The van der Waals surface area contributed by atoms with Crippen LogP contribution in [-0.2, 0) is 0 Å². The summed E-state index contributed by atoms with van der Waals surface area (Å²) in [6.45, 7) is 3.29. The maximum absolute atomic E-state index is 12.3. The summed E-state index contributed by atoms with van der Waals surface area (Å²) in [5, 5.41) is 0. The second kappa shape index (κ2) is 6.48. The standard InChI is InChI=1S/C19H18O3/c1-14-4-2-5-15(12-14)6-8-17(20)16-7-9-18-19(13-16)22-11-3-10-21-18/h2,4-9,12-13H,3,10-11H2,1H3/b8-6+. The predicted octanol–water partition coefficient (Wildman–Crippen LogP) is 4.05. The van der Waals surface area contributed by atoms with Gasteiger partial charge in [0.1, 0.15) is 0 Å². The lowest BCUT2D eigenvalue weighted by atomic mass is 10.1. The molecule has 0 fully saturated rings. The number of hydrogen-bond acceptors (Lipinski definition) is 3. The number of hydrogen-bond donors (Lipinski definition) is 0. The third-order valence-electron chi connectivity index (χ3n) is 3.50. The highest BCUT2D eigenvalue weighted by atomic mass is 16.5. The summed E-state index contributed by atoms with van der Waals surface area (Å²) in [6, 6.07) is 13.4. The number of benzene rings is 2. The van der Waals surface area contributed by atoms with Crippen LogP contribution >= 0.6 is 0 Å². The fourth-order valence-corrected chi connectivity index (χ4v) is 2.36. The van der Waals surface area contributed by atoms with E-state index >= 15 is 0 Å². The lowest BCUT2D eigenvalue weighted by molar-refractivity contribution is 0.104. The van der Waals surface area contributed by atoms with Crippen molar-refractivity contribution in [1.29, 1.82) is 0 Å². The smallest absolute Gasteiger partial charge is 0.185 e. The average Bonchev–Trinajstić information content (AvgIpc) is 2.77.